The normalized spacial score (nSPS) is 32.3. The molecule has 1 heterocycles. The highest BCUT2D eigenvalue weighted by Gasteiger charge is 2.38. The van der Waals surface area contributed by atoms with Gasteiger partial charge in [0.1, 0.15) is 0 Å². The molecule has 5 nitrogen and oxygen atoms in total. The fourth-order valence-electron chi connectivity index (χ4n) is 4.88. The number of likely N-dealkylation sites (tertiary alicyclic amines) is 1. The fourth-order valence-corrected chi connectivity index (χ4v) is 4.88. The Bertz CT molecular complexity index is 487. The van der Waals surface area contributed by atoms with Crippen molar-refractivity contribution in [2.75, 3.05) is 19.6 Å². The van der Waals surface area contributed by atoms with Gasteiger partial charge in [-0.3, -0.25) is 9.59 Å². The van der Waals surface area contributed by atoms with Gasteiger partial charge in [-0.15, -0.1) is 12.4 Å². The highest BCUT2D eigenvalue weighted by molar-refractivity contribution is 5.85. The molecule has 150 valence electrons. The molecule has 1 aliphatic heterocycles. The highest BCUT2D eigenvalue weighted by atomic mass is 35.5. The van der Waals surface area contributed by atoms with E-state index in [1.807, 2.05) is 4.90 Å². The predicted octanol–water partition coefficient (Wildman–Crippen LogP) is 2.86. The van der Waals surface area contributed by atoms with E-state index < -0.39 is 0 Å². The maximum atomic E-state index is 12.8. The molecule has 2 saturated carbocycles. The summed E-state index contributed by atoms with van der Waals surface area (Å²) in [6.45, 7) is 4.48. The maximum absolute atomic E-state index is 12.8. The number of nitrogens with zero attached hydrogens (tertiary/aromatic N) is 1. The van der Waals surface area contributed by atoms with E-state index in [-0.39, 0.29) is 35.7 Å². The van der Waals surface area contributed by atoms with Crippen LogP contribution in [0.5, 0.6) is 0 Å². The molecule has 2 aliphatic carbocycles. The van der Waals surface area contributed by atoms with Crippen molar-refractivity contribution in [1.82, 2.24) is 10.2 Å². The van der Waals surface area contributed by atoms with Crippen molar-refractivity contribution in [1.29, 1.82) is 0 Å². The predicted molar refractivity (Wildman–Crippen MR) is 106 cm³/mol. The first-order valence-electron chi connectivity index (χ1n) is 10.3. The third-order valence-electron chi connectivity index (χ3n) is 6.75. The van der Waals surface area contributed by atoms with Gasteiger partial charge in [-0.2, -0.15) is 0 Å². The highest BCUT2D eigenvalue weighted by Crippen LogP contribution is 2.33. The zero-order valence-electron chi connectivity index (χ0n) is 16.2. The van der Waals surface area contributed by atoms with Crippen LogP contribution >= 0.6 is 12.4 Å². The van der Waals surface area contributed by atoms with Crippen molar-refractivity contribution in [2.45, 2.75) is 77.2 Å². The molecule has 1 unspecified atom stereocenters. The van der Waals surface area contributed by atoms with Crippen LogP contribution in [0, 0.1) is 17.3 Å². The molecule has 1 atom stereocenters. The summed E-state index contributed by atoms with van der Waals surface area (Å²) in [5.74, 6) is 1.28. The molecule has 0 aromatic heterocycles. The van der Waals surface area contributed by atoms with Crippen LogP contribution in [-0.4, -0.2) is 42.4 Å². The third kappa shape index (κ3) is 5.35. The lowest BCUT2D eigenvalue weighted by atomic mass is 9.85. The Morgan fingerprint density at radius 3 is 2.35 bits per heavy atom. The number of carbonyl (C=O) groups is 2. The number of rotatable bonds is 5. The van der Waals surface area contributed by atoms with Gasteiger partial charge in [0.2, 0.25) is 11.8 Å². The van der Waals surface area contributed by atoms with E-state index >= 15 is 0 Å². The Morgan fingerprint density at radius 2 is 1.77 bits per heavy atom. The number of carbonyl (C=O) groups excluding carboxylic acids is 2. The zero-order chi connectivity index (χ0) is 17.9. The summed E-state index contributed by atoms with van der Waals surface area (Å²) in [5, 5.41) is 3.22. The van der Waals surface area contributed by atoms with E-state index in [2.05, 4.69) is 12.2 Å². The van der Waals surface area contributed by atoms with Crippen molar-refractivity contribution >= 4 is 24.2 Å². The lowest BCUT2D eigenvalue weighted by molar-refractivity contribution is -0.136. The smallest absolute Gasteiger partial charge is 0.225 e. The van der Waals surface area contributed by atoms with Crippen molar-refractivity contribution in [3.05, 3.63) is 0 Å². The molecule has 3 aliphatic rings. The Balaban J connectivity index is 0.00000243. The van der Waals surface area contributed by atoms with Gasteiger partial charge in [-0.25, -0.2) is 0 Å². The molecule has 3 rings (SSSR count). The molecule has 0 bridgehead atoms. The van der Waals surface area contributed by atoms with Crippen LogP contribution in [0.15, 0.2) is 0 Å². The van der Waals surface area contributed by atoms with E-state index in [0.717, 1.165) is 45.2 Å². The van der Waals surface area contributed by atoms with Gasteiger partial charge in [-0.05, 0) is 62.8 Å². The van der Waals surface area contributed by atoms with Crippen LogP contribution in [0.4, 0.5) is 0 Å². The molecule has 2 amide bonds. The first-order chi connectivity index (χ1) is 12.0. The van der Waals surface area contributed by atoms with Gasteiger partial charge in [0.15, 0.2) is 0 Å². The van der Waals surface area contributed by atoms with Crippen molar-refractivity contribution in [3.8, 4) is 0 Å². The molecule has 0 aromatic rings. The van der Waals surface area contributed by atoms with E-state index in [9.17, 15) is 9.59 Å². The summed E-state index contributed by atoms with van der Waals surface area (Å²) >= 11 is 0. The fraction of sp³-hybridized carbons (Fsp3) is 0.900. The first kappa shape index (κ1) is 21.5. The van der Waals surface area contributed by atoms with Gasteiger partial charge < -0.3 is 16.0 Å². The van der Waals surface area contributed by atoms with Crippen LogP contribution in [-0.2, 0) is 9.59 Å². The van der Waals surface area contributed by atoms with Gasteiger partial charge in [0.05, 0.1) is 0 Å². The van der Waals surface area contributed by atoms with Crippen molar-refractivity contribution in [2.24, 2.45) is 23.0 Å². The molecule has 0 aromatic carbocycles. The molecular weight excluding hydrogens is 350 g/mol. The van der Waals surface area contributed by atoms with Crippen molar-refractivity contribution < 1.29 is 9.59 Å². The minimum atomic E-state index is 0. The van der Waals surface area contributed by atoms with Crippen molar-refractivity contribution in [3.63, 3.8) is 0 Å². The van der Waals surface area contributed by atoms with E-state index in [0.29, 0.717) is 24.8 Å². The summed E-state index contributed by atoms with van der Waals surface area (Å²) in [7, 11) is 0. The van der Waals surface area contributed by atoms with Gasteiger partial charge >= 0.3 is 0 Å². The first-order valence-corrected chi connectivity index (χ1v) is 10.3. The molecule has 0 spiro atoms. The van der Waals surface area contributed by atoms with Gasteiger partial charge in [-0.1, -0.05) is 19.8 Å². The summed E-state index contributed by atoms with van der Waals surface area (Å²) in [4.78, 5) is 27.0. The summed E-state index contributed by atoms with van der Waals surface area (Å²) in [6.07, 6.45) is 10.4. The SMILES string of the molecule is CC1(CN)CCN(C(=O)C2CCC(NC(=O)CC3CCCC3)CC2)C1.Cl. The zero-order valence-corrected chi connectivity index (χ0v) is 17.0. The van der Waals surface area contributed by atoms with Gasteiger partial charge in [0, 0.05) is 31.5 Å². The summed E-state index contributed by atoms with van der Waals surface area (Å²) < 4.78 is 0. The average molecular weight is 386 g/mol. The average Bonchev–Trinajstić information content (AvgIpc) is 3.25. The molecule has 6 heteroatoms. The molecule has 3 N–H and O–H groups in total. The van der Waals surface area contributed by atoms with E-state index in [4.69, 9.17) is 5.73 Å². The number of nitrogens with two attached hydrogens (primary N) is 1. The Kier molecular flexibility index (Phi) is 7.77. The monoisotopic (exact) mass is 385 g/mol. The van der Waals surface area contributed by atoms with E-state index in [1.54, 1.807) is 0 Å². The Hall–Kier alpha value is -0.810. The second-order valence-electron chi connectivity index (χ2n) is 9.00. The van der Waals surface area contributed by atoms with Crippen LogP contribution in [0.1, 0.15) is 71.1 Å². The lowest BCUT2D eigenvalue weighted by Crippen LogP contribution is -2.42. The molecular formula is C20H36ClN3O2. The lowest BCUT2D eigenvalue weighted by Gasteiger charge is -2.31. The minimum absolute atomic E-state index is 0. The van der Waals surface area contributed by atoms with Crippen LogP contribution in [0.2, 0.25) is 0 Å². The minimum Gasteiger partial charge on any atom is -0.353 e. The third-order valence-corrected chi connectivity index (χ3v) is 6.75. The standard InChI is InChI=1S/C20H35N3O2.ClH/c1-20(13-21)10-11-23(14-20)19(25)16-6-8-17(9-7-16)22-18(24)12-15-4-2-3-5-15;/h15-17H,2-14,21H2,1H3,(H,22,24);1H. The van der Waals surface area contributed by atoms with Gasteiger partial charge in [0.25, 0.3) is 0 Å². The number of hydrogen-bond acceptors (Lipinski definition) is 3. The molecule has 3 fully saturated rings. The number of hydrogen-bond donors (Lipinski definition) is 2. The summed E-state index contributed by atoms with van der Waals surface area (Å²) in [5.41, 5.74) is 5.95. The molecule has 26 heavy (non-hydrogen) atoms. The van der Waals surface area contributed by atoms with Crippen LogP contribution in [0.3, 0.4) is 0 Å². The number of nitrogens with one attached hydrogen (secondary N) is 1. The largest absolute Gasteiger partial charge is 0.353 e. The number of amides is 2. The van der Waals surface area contributed by atoms with E-state index in [1.165, 1.54) is 25.7 Å². The Labute approximate surface area is 164 Å². The second-order valence-corrected chi connectivity index (χ2v) is 9.00. The second kappa shape index (κ2) is 9.41. The molecule has 0 radical (unpaired) electrons. The quantitative estimate of drug-likeness (QED) is 0.764. The maximum Gasteiger partial charge on any atom is 0.225 e. The summed E-state index contributed by atoms with van der Waals surface area (Å²) in [6, 6.07) is 0.269. The topological polar surface area (TPSA) is 75.4 Å². The van der Waals surface area contributed by atoms with Crippen LogP contribution < -0.4 is 11.1 Å². The number of halogens is 1. The van der Waals surface area contributed by atoms with Crippen LogP contribution in [0.25, 0.3) is 0 Å². The molecule has 1 saturated heterocycles. The Morgan fingerprint density at radius 1 is 1.12 bits per heavy atom.